The SMILES string of the molecule is O=C(NN=Cc1ccc(OCC(=O)N(Cc2cccnc2)Cc2ccco2)c2ccccc12)c1ccc(O)c(Cl)c1. The lowest BCUT2D eigenvalue weighted by Crippen LogP contribution is -2.34. The van der Waals surface area contributed by atoms with Crippen LogP contribution in [0.1, 0.15) is 27.2 Å². The zero-order chi connectivity index (χ0) is 28.6. The molecule has 0 aliphatic carbocycles. The van der Waals surface area contributed by atoms with E-state index in [1.807, 2.05) is 42.5 Å². The molecule has 0 bridgehead atoms. The highest BCUT2D eigenvalue weighted by Crippen LogP contribution is 2.28. The Morgan fingerprint density at radius 3 is 2.63 bits per heavy atom. The van der Waals surface area contributed by atoms with Gasteiger partial charge in [-0.25, -0.2) is 5.43 Å². The van der Waals surface area contributed by atoms with E-state index >= 15 is 0 Å². The number of hydrogen-bond acceptors (Lipinski definition) is 7. The van der Waals surface area contributed by atoms with Gasteiger partial charge in [0.15, 0.2) is 6.61 Å². The van der Waals surface area contributed by atoms with Gasteiger partial charge in [-0.1, -0.05) is 41.9 Å². The molecule has 2 N–H and O–H groups in total. The summed E-state index contributed by atoms with van der Waals surface area (Å²) in [4.78, 5) is 31.5. The summed E-state index contributed by atoms with van der Waals surface area (Å²) in [6, 6.07) is 22.6. The number of benzene rings is 3. The van der Waals surface area contributed by atoms with Crippen LogP contribution in [-0.2, 0) is 17.9 Å². The van der Waals surface area contributed by atoms with Gasteiger partial charge in [0.1, 0.15) is 17.3 Å². The number of rotatable bonds is 10. The van der Waals surface area contributed by atoms with Gasteiger partial charge in [-0.2, -0.15) is 5.10 Å². The molecular formula is C31H25ClN4O5. The van der Waals surface area contributed by atoms with Gasteiger partial charge in [0.25, 0.3) is 11.8 Å². The fourth-order valence-corrected chi connectivity index (χ4v) is 4.35. The predicted molar refractivity (Wildman–Crippen MR) is 155 cm³/mol. The first kappa shape index (κ1) is 27.4. The Kier molecular flexibility index (Phi) is 8.56. The number of hydrogen-bond donors (Lipinski definition) is 2. The van der Waals surface area contributed by atoms with Gasteiger partial charge in [0.05, 0.1) is 24.0 Å². The van der Waals surface area contributed by atoms with Crippen LogP contribution in [0.15, 0.2) is 107 Å². The maximum Gasteiger partial charge on any atom is 0.271 e. The van der Waals surface area contributed by atoms with Crippen molar-refractivity contribution >= 4 is 40.4 Å². The molecule has 0 aliphatic heterocycles. The number of nitrogens with zero attached hydrogens (tertiary/aromatic N) is 3. The lowest BCUT2D eigenvalue weighted by molar-refractivity contribution is -0.134. The first-order valence-corrected chi connectivity index (χ1v) is 13.0. The van der Waals surface area contributed by atoms with Crippen molar-refractivity contribution in [3.8, 4) is 11.5 Å². The monoisotopic (exact) mass is 568 g/mol. The standard InChI is InChI=1S/C31H25ClN4O5/c32-27-15-22(9-11-28(27)37)31(39)35-34-17-23-10-12-29(26-8-2-1-7-25(23)26)41-20-30(38)36(19-24-6-4-14-40-24)18-21-5-3-13-33-16-21/h1-17,37H,18-20H2,(H,35,39). The molecule has 5 aromatic rings. The smallest absolute Gasteiger partial charge is 0.271 e. The molecule has 9 nitrogen and oxygen atoms in total. The third-order valence-corrected chi connectivity index (χ3v) is 6.53. The van der Waals surface area contributed by atoms with Crippen molar-refractivity contribution in [1.29, 1.82) is 0 Å². The minimum atomic E-state index is -0.476. The van der Waals surface area contributed by atoms with Crippen LogP contribution in [0, 0.1) is 0 Å². The molecule has 2 amide bonds. The lowest BCUT2D eigenvalue weighted by Gasteiger charge is -2.22. The highest BCUT2D eigenvalue weighted by molar-refractivity contribution is 6.32. The maximum atomic E-state index is 13.3. The van der Waals surface area contributed by atoms with Crippen molar-refractivity contribution in [3.63, 3.8) is 0 Å². The number of carbonyl (C=O) groups is 2. The molecule has 0 saturated heterocycles. The van der Waals surface area contributed by atoms with Gasteiger partial charge in [0.2, 0.25) is 0 Å². The van der Waals surface area contributed by atoms with Crippen molar-refractivity contribution in [1.82, 2.24) is 15.3 Å². The maximum absolute atomic E-state index is 13.3. The Morgan fingerprint density at radius 2 is 1.88 bits per heavy atom. The Balaban J connectivity index is 1.29. The first-order chi connectivity index (χ1) is 20.0. The van der Waals surface area contributed by atoms with Crippen molar-refractivity contribution in [2.24, 2.45) is 5.10 Å². The van der Waals surface area contributed by atoms with Gasteiger partial charge >= 0.3 is 0 Å². The van der Waals surface area contributed by atoms with Crippen molar-refractivity contribution in [3.05, 3.63) is 125 Å². The number of amides is 2. The number of pyridine rings is 1. The molecule has 0 atom stereocenters. The number of ether oxygens (including phenoxy) is 1. The molecule has 10 heteroatoms. The topological polar surface area (TPSA) is 117 Å². The van der Waals surface area contributed by atoms with E-state index in [0.29, 0.717) is 24.6 Å². The molecule has 5 rings (SSSR count). The summed E-state index contributed by atoms with van der Waals surface area (Å²) >= 11 is 5.89. The van der Waals surface area contributed by atoms with E-state index in [2.05, 4.69) is 15.5 Å². The molecule has 0 saturated carbocycles. The average molecular weight is 569 g/mol. The minimum absolute atomic E-state index is 0.0721. The number of phenols is 1. The molecular weight excluding hydrogens is 544 g/mol. The van der Waals surface area contributed by atoms with E-state index in [1.165, 1.54) is 24.4 Å². The van der Waals surface area contributed by atoms with Crippen LogP contribution < -0.4 is 10.2 Å². The second kappa shape index (κ2) is 12.8. The number of carbonyl (C=O) groups excluding carboxylic acids is 2. The molecule has 206 valence electrons. The lowest BCUT2D eigenvalue weighted by atomic mass is 10.0. The van der Waals surface area contributed by atoms with Crippen molar-refractivity contribution in [2.45, 2.75) is 13.1 Å². The fourth-order valence-electron chi connectivity index (χ4n) is 4.17. The molecule has 0 spiro atoms. The highest BCUT2D eigenvalue weighted by Gasteiger charge is 2.18. The van der Waals surface area contributed by atoms with E-state index in [9.17, 15) is 14.7 Å². The summed E-state index contributed by atoms with van der Waals surface area (Å²) < 4.78 is 11.5. The molecule has 0 aliphatic rings. The largest absolute Gasteiger partial charge is 0.506 e. The Hall–Kier alpha value is -5.15. The van der Waals surface area contributed by atoms with Crippen molar-refractivity contribution < 1.29 is 23.8 Å². The minimum Gasteiger partial charge on any atom is -0.506 e. The molecule has 3 aromatic carbocycles. The molecule has 0 unspecified atom stereocenters. The second-order valence-corrected chi connectivity index (χ2v) is 9.45. The zero-order valence-corrected chi connectivity index (χ0v) is 22.5. The first-order valence-electron chi connectivity index (χ1n) is 12.6. The third kappa shape index (κ3) is 6.90. The summed E-state index contributed by atoms with van der Waals surface area (Å²) in [5.74, 6) is 0.402. The fraction of sp³-hybridized carbons (Fsp3) is 0.0968. The number of hydrazone groups is 1. The number of nitrogens with one attached hydrogen (secondary N) is 1. The second-order valence-electron chi connectivity index (χ2n) is 9.04. The van der Waals surface area contributed by atoms with E-state index in [0.717, 1.165) is 21.9 Å². The van der Waals surface area contributed by atoms with Crippen molar-refractivity contribution in [2.75, 3.05) is 6.61 Å². The Morgan fingerprint density at radius 1 is 1.02 bits per heavy atom. The summed E-state index contributed by atoms with van der Waals surface area (Å²) in [7, 11) is 0. The van der Waals surface area contributed by atoms with Crippen LogP contribution in [0.25, 0.3) is 10.8 Å². The molecule has 2 heterocycles. The normalized spacial score (nSPS) is 11.0. The summed E-state index contributed by atoms with van der Waals surface area (Å²) in [5.41, 5.74) is 4.34. The van der Waals surface area contributed by atoms with Crippen LogP contribution >= 0.6 is 11.6 Å². The quantitative estimate of drug-likeness (QED) is 0.168. The Labute approximate surface area is 240 Å². The van der Waals surface area contributed by atoms with Gasteiger partial charge in [0, 0.05) is 35.5 Å². The number of phenolic OH excluding ortho intramolecular Hbond substituents is 1. The third-order valence-electron chi connectivity index (χ3n) is 6.22. The van der Waals surface area contributed by atoms with E-state index in [4.69, 9.17) is 20.8 Å². The number of furan rings is 1. The molecule has 2 aromatic heterocycles. The highest BCUT2D eigenvalue weighted by atomic mass is 35.5. The van der Waals surface area contributed by atoms with Crippen LogP contribution in [-0.4, -0.2) is 39.6 Å². The van der Waals surface area contributed by atoms with Gasteiger partial charge in [-0.15, -0.1) is 0 Å². The predicted octanol–water partition coefficient (Wildman–Crippen LogP) is 5.56. The molecule has 0 radical (unpaired) electrons. The van der Waals surface area contributed by atoms with Gasteiger partial charge < -0.3 is 19.2 Å². The molecule has 41 heavy (non-hydrogen) atoms. The summed E-state index contributed by atoms with van der Waals surface area (Å²) in [6.07, 6.45) is 6.50. The Bertz CT molecular complexity index is 1690. The summed E-state index contributed by atoms with van der Waals surface area (Å²) in [5, 5.41) is 15.3. The van der Waals surface area contributed by atoms with Crippen LogP contribution in [0.2, 0.25) is 5.02 Å². The van der Waals surface area contributed by atoms with Gasteiger partial charge in [-0.3, -0.25) is 14.6 Å². The van der Waals surface area contributed by atoms with E-state index in [1.54, 1.807) is 41.8 Å². The van der Waals surface area contributed by atoms with Gasteiger partial charge in [-0.05, 0) is 59.5 Å². The average Bonchev–Trinajstić information content (AvgIpc) is 3.51. The van der Waals surface area contributed by atoms with Crippen LogP contribution in [0.4, 0.5) is 0 Å². The molecule has 0 fully saturated rings. The van der Waals surface area contributed by atoms with E-state index < -0.39 is 5.91 Å². The number of halogens is 1. The number of aromatic nitrogens is 1. The number of aromatic hydroxyl groups is 1. The number of fused-ring (bicyclic) bond motifs is 1. The van der Waals surface area contributed by atoms with E-state index in [-0.39, 0.29) is 28.8 Å². The van der Waals surface area contributed by atoms with Crippen LogP contribution in [0.5, 0.6) is 11.5 Å². The zero-order valence-electron chi connectivity index (χ0n) is 21.7. The summed E-state index contributed by atoms with van der Waals surface area (Å²) in [6.45, 7) is 0.473. The van der Waals surface area contributed by atoms with Crippen LogP contribution in [0.3, 0.4) is 0 Å².